The van der Waals surface area contributed by atoms with Crippen LogP contribution in [0.25, 0.3) is 0 Å². The molecule has 1 N–H and O–H groups in total. The first-order valence-electron chi connectivity index (χ1n) is 9.48. The van der Waals surface area contributed by atoms with E-state index in [0.29, 0.717) is 18.9 Å². The maximum absolute atomic E-state index is 12.1. The molecule has 8 heteroatoms. The van der Waals surface area contributed by atoms with Gasteiger partial charge in [0.25, 0.3) is 5.56 Å². The van der Waals surface area contributed by atoms with Crippen LogP contribution in [0.4, 0.5) is 5.69 Å². The first-order chi connectivity index (χ1) is 12.9. The number of aromatic nitrogens is 4. The molecular weight excluding hydrogens is 344 g/mol. The third kappa shape index (κ3) is 4.96. The van der Waals surface area contributed by atoms with Crippen LogP contribution in [-0.2, 0) is 18.4 Å². The Balaban J connectivity index is 1.38. The Morgan fingerprint density at radius 3 is 2.85 bits per heavy atom. The van der Waals surface area contributed by atoms with Crippen molar-refractivity contribution in [2.45, 2.75) is 39.7 Å². The standard InChI is InChI=1S/C19H28N6O2/c1-14-9-15(2)25(22-14)7-4-5-18(26)20-11-16-6-8-24(13-16)17-10-19(27)23(3)21-12-17/h9-10,12,16H,4-8,11,13H2,1-3H3,(H,20,26)/t16-/m0/s1. The molecule has 27 heavy (non-hydrogen) atoms. The predicted molar refractivity (Wildman–Crippen MR) is 104 cm³/mol. The van der Waals surface area contributed by atoms with Crippen molar-refractivity contribution >= 4 is 11.6 Å². The number of hydrogen-bond acceptors (Lipinski definition) is 5. The minimum Gasteiger partial charge on any atom is -0.370 e. The lowest BCUT2D eigenvalue weighted by molar-refractivity contribution is -0.121. The highest BCUT2D eigenvalue weighted by atomic mass is 16.1. The van der Waals surface area contributed by atoms with Crippen LogP contribution >= 0.6 is 0 Å². The van der Waals surface area contributed by atoms with Crippen LogP contribution in [0.2, 0.25) is 0 Å². The van der Waals surface area contributed by atoms with Crippen LogP contribution in [0.3, 0.4) is 0 Å². The van der Waals surface area contributed by atoms with Crippen LogP contribution in [0.5, 0.6) is 0 Å². The quantitative estimate of drug-likeness (QED) is 0.784. The lowest BCUT2D eigenvalue weighted by Crippen LogP contribution is -2.31. The van der Waals surface area contributed by atoms with E-state index in [2.05, 4.69) is 20.4 Å². The number of carbonyl (C=O) groups excluding carboxylic acids is 1. The van der Waals surface area contributed by atoms with E-state index in [1.807, 2.05) is 24.6 Å². The van der Waals surface area contributed by atoms with E-state index in [4.69, 9.17) is 0 Å². The Morgan fingerprint density at radius 2 is 2.15 bits per heavy atom. The number of nitrogens with one attached hydrogen (secondary N) is 1. The molecule has 0 saturated carbocycles. The maximum atomic E-state index is 12.1. The first-order valence-corrected chi connectivity index (χ1v) is 9.48. The van der Waals surface area contributed by atoms with Crippen LogP contribution < -0.4 is 15.8 Å². The summed E-state index contributed by atoms with van der Waals surface area (Å²) in [4.78, 5) is 26.0. The van der Waals surface area contributed by atoms with Crippen molar-refractivity contribution in [3.05, 3.63) is 40.1 Å². The van der Waals surface area contributed by atoms with Gasteiger partial charge in [-0.15, -0.1) is 0 Å². The van der Waals surface area contributed by atoms with Crippen LogP contribution in [0.1, 0.15) is 30.7 Å². The molecule has 2 aromatic heterocycles. The summed E-state index contributed by atoms with van der Waals surface area (Å²) in [7, 11) is 1.64. The topological polar surface area (TPSA) is 85.0 Å². The van der Waals surface area contributed by atoms with Gasteiger partial charge in [-0.2, -0.15) is 10.2 Å². The van der Waals surface area contributed by atoms with Gasteiger partial charge in [0.15, 0.2) is 0 Å². The molecule has 1 aliphatic rings. The smallest absolute Gasteiger partial charge is 0.268 e. The van der Waals surface area contributed by atoms with Crippen LogP contribution in [-0.4, -0.2) is 45.1 Å². The van der Waals surface area contributed by atoms with Gasteiger partial charge >= 0.3 is 0 Å². The van der Waals surface area contributed by atoms with E-state index in [1.54, 1.807) is 19.3 Å². The third-order valence-corrected chi connectivity index (χ3v) is 5.07. The highest BCUT2D eigenvalue weighted by molar-refractivity contribution is 5.75. The van der Waals surface area contributed by atoms with Crippen molar-refractivity contribution in [1.29, 1.82) is 0 Å². The highest BCUT2D eigenvalue weighted by Crippen LogP contribution is 2.21. The van der Waals surface area contributed by atoms with Gasteiger partial charge in [0.05, 0.1) is 17.6 Å². The molecule has 1 amide bonds. The molecule has 146 valence electrons. The summed E-state index contributed by atoms with van der Waals surface area (Å²) in [6, 6.07) is 3.66. The van der Waals surface area contributed by atoms with E-state index in [0.717, 1.165) is 49.6 Å². The SMILES string of the molecule is Cc1cc(C)n(CCCC(=O)NC[C@@H]2CCN(c3cnn(C)c(=O)c3)C2)n1. The molecule has 1 saturated heterocycles. The van der Waals surface area contributed by atoms with Crippen molar-refractivity contribution in [3.63, 3.8) is 0 Å². The summed E-state index contributed by atoms with van der Waals surface area (Å²) in [5.74, 6) is 0.485. The Morgan fingerprint density at radius 1 is 1.33 bits per heavy atom. The van der Waals surface area contributed by atoms with Crippen molar-refractivity contribution in [2.24, 2.45) is 13.0 Å². The molecule has 3 rings (SSSR count). The molecule has 0 unspecified atom stereocenters. The number of carbonyl (C=O) groups is 1. The van der Waals surface area contributed by atoms with Crippen LogP contribution in [0.15, 0.2) is 23.1 Å². The lowest BCUT2D eigenvalue weighted by Gasteiger charge is -2.18. The van der Waals surface area contributed by atoms with Gasteiger partial charge < -0.3 is 10.2 Å². The Kier molecular flexibility index (Phi) is 5.93. The van der Waals surface area contributed by atoms with Gasteiger partial charge in [0, 0.05) is 51.4 Å². The first kappa shape index (κ1) is 19.1. The Hall–Kier alpha value is -2.64. The fourth-order valence-corrected chi connectivity index (χ4v) is 3.50. The van der Waals surface area contributed by atoms with Gasteiger partial charge in [-0.3, -0.25) is 14.3 Å². The molecule has 0 spiro atoms. The zero-order chi connectivity index (χ0) is 19.4. The van der Waals surface area contributed by atoms with Crippen molar-refractivity contribution in [3.8, 4) is 0 Å². The molecule has 8 nitrogen and oxygen atoms in total. The zero-order valence-corrected chi connectivity index (χ0v) is 16.3. The van der Waals surface area contributed by atoms with Crippen molar-refractivity contribution in [1.82, 2.24) is 24.9 Å². The minimum atomic E-state index is -0.105. The molecule has 3 heterocycles. The molecule has 1 atom stereocenters. The summed E-state index contributed by atoms with van der Waals surface area (Å²) in [5, 5.41) is 11.5. The van der Waals surface area contributed by atoms with E-state index >= 15 is 0 Å². The van der Waals surface area contributed by atoms with Gasteiger partial charge in [-0.25, -0.2) is 4.68 Å². The monoisotopic (exact) mass is 372 g/mol. The van der Waals surface area contributed by atoms with Gasteiger partial charge in [-0.05, 0) is 38.7 Å². The second-order valence-electron chi connectivity index (χ2n) is 7.33. The summed E-state index contributed by atoms with van der Waals surface area (Å²) >= 11 is 0. The van der Waals surface area contributed by atoms with Crippen LogP contribution in [0, 0.1) is 19.8 Å². The number of amides is 1. The molecule has 0 bridgehead atoms. The van der Waals surface area contributed by atoms with Gasteiger partial charge in [0.1, 0.15) is 0 Å². The van der Waals surface area contributed by atoms with E-state index < -0.39 is 0 Å². The Bertz CT molecular complexity index is 856. The average molecular weight is 372 g/mol. The number of rotatable bonds is 7. The molecule has 1 fully saturated rings. The van der Waals surface area contributed by atoms with Crippen molar-refractivity contribution < 1.29 is 4.79 Å². The molecule has 0 radical (unpaired) electrons. The molecule has 2 aromatic rings. The molecular formula is C19H28N6O2. The molecule has 0 aliphatic carbocycles. The van der Waals surface area contributed by atoms with E-state index in [9.17, 15) is 9.59 Å². The third-order valence-electron chi connectivity index (χ3n) is 5.07. The fraction of sp³-hybridized carbons (Fsp3) is 0.579. The maximum Gasteiger partial charge on any atom is 0.268 e. The largest absolute Gasteiger partial charge is 0.370 e. The number of hydrogen-bond donors (Lipinski definition) is 1. The van der Waals surface area contributed by atoms with E-state index in [1.165, 1.54) is 4.68 Å². The summed E-state index contributed by atoms with van der Waals surface area (Å²) < 4.78 is 3.28. The molecule has 1 aliphatic heterocycles. The minimum absolute atomic E-state index is 0.0882. The number of aryl methyl sites for hydroxylation is 4. The Labute approximate surface area is 159 Å². The second kappa shape index (κ2) is 8.37. The van der Waals surface area contributed by atoms with Gasteiger partial charge in [-0.1, -0.05) is 0 Å². The summed E-state index contributed by atoms with van der Waals surface area (Å²) in [6.07, 6.45) is 4.01. The van der Waals surface area contributed by atoms with Gasteiger partial charge in [0.2, 0.25) is 5.91 Å². The second-order valence-corrected chi connectivity index (χ2v) is 7.33. The van der Waals surface area contributed by atoms with E-state index in [-0.39, 0.29) is 11.5 Å². The van der Waals surface area contributed by atoms with Crippen molar-refractivity contribution in [2.75, 3.05) is 24.5 Å². The predicted octanol–water partition coefficient (Wildman–Crippen LogP) is 1.02. The number of nitrogens with zero attached hydrogens (tertiary/aromatic N) is 5. The summed E-state index contributed by atoms with van der Waals surface area (Å²) in [6.45, 7) is 7.16. The zero-order valence-electron chi connectivity index (χ0n) is 16.3. The summed E-state index contributed by atoms with van der Waals surface area (Å²) in [5.41, 5.74) is 2.89. The fourth-order valence-electron chi connectivity index (χ4n) is 3.50. The number of anilines is 1. The highest BCUT2D eigenvalue weighted by Gasteiger charge is 2.23. The molecule has 0 aromatic carbocycles. The lowest BCUT2D eigenvalue weighted by atomic mass is 10.1. The normalized spacial score (nSPS) is 16.7. The average Bonchev–Trinajstić information content (AvgIpc) is 3.22.